The molecule has 0 spiro atoms. The Balaban J connectivity index is 2.18. The lowest BCUT2D eigenvalue weighted by molar-refractivity contribution is -0.144. The van der Waals surface area contributed by atoms with Gasteiger partial charge in [-0.05, 0) is 37.3 Å². The first-order chi connectivity index (χ1) is 12.0. The number of halogens is 1. The SMILES string of the molecule is CCOC(=O)C1C(=O)c2cc(OC)ccc2N=C1c1cccc(F)c1. The third kappa shape index (κ3) is 3.15. The van der Waals surface area contributed by atoms with Crippen LogP contribution in [0.1, 0.15) is 22.8 Å². The van der Waals surface area contributed by atoms with Gasteiger partial charge in [-0.15, -0.1) is 0 Å². The Morgan fingerprint density at radius 2 is 2.04 bits per heavy atom. The zero-order chi connectivity index (χ0) is 18.0. The molecule has 1 aliphatic rings. The van der Waals surface area contributed by atoms with Crippen LogP contribution in [0.3, 0.4) is 0 Å². The number of hydrogen-bond acceptors (Lipinski definition) is 5. The molecule has 2 aromatic carbocycles. The molecule has 5 nitrogen and oxygen atoms in total. The molecule has 1 unspecified atom stereocenters. The number of benzene rings is 2. The first-order valence-electron chi connectivity index (χ1n) is 7.78. The number of carbonyl (C=O) groups excluding carboxylic acids is 2. The summed E-state index contributed by atoms with van der Waals surface area (Å²) in [5, 5.41) is 0. The molecule has 0 N–H and O–H groups in total. The molecule has 0 amide bonds. The molecule has 0 fully saturated rings. The zero-order valence-electron chi connectivity index (χ0n) is 13.8. The van der Waals surface area contributed by atoms with Gasteiger partial charge in [-0.1, -0.05) is 12.1 Å². The van der Waals surface area contributed by atoms with Crippen molar-refractivity contribution >= 4 is 23.2 Å². The first-order valence-corrected chi connectivity index (χ1v) is 7.78. The summed E-state index contributed by atoms with van der Waals surface area (Å²) in [6.07, 6.45) is 0. The maximum Gasteiger partial charge on any atom is 0.323 e. The van der Waals surface area contributed by atoms with E-state index in [0.717, 1.165) is 0 Å². The first kappa shape index (κ1) is 16.8. The van der Waals surface area contributed by atoms with Gasteiger partial charge >= 0.3 is 5.97 Å². The number of rotatable bonds is 4. The van der Waals surface area contributed by atoms with Gasteiger partial charge < -0.3 is 9.47 Å². The standard InChI is InChI=1S/C19H16FNO4/c1-3-25-19(23)16-17(11-5-4-6-12(20)9-11)21-15-8-7-13(24-2)10-14(15)18(16)22/h4-10,16H,3H2,1-2H3. The van der Waals surface area contributed by atoms with Gasteiger partial charge in [-0.3, -0.25) is 14.6 Å². The van der Waals surface area contributed by atoms with Crippen molar-refractivity contribution in [3.05, 3.63) is 59.4 Å². The number of esters is 1. The van der Waals surface area contributed by atoms with E-state index in [-0.39, 0.29) is 17.9 Å². The van der Waals surface area contributed by atoms with Crippen molar-refractivity contribution in [2.75, 3.05) is 13.7 Å². The monoisotopic (exact) mass is 341 g/mol. The molecular weight excluding hydrogens is 325 g/mol. The van der Waals surface area contributed by atoms with Crippen molar-refractivity contribution < 1.29 is 23.5 Å². The van der Waals surface area contributed by atoms with Crippen LogP contribution in [0.4, 0.5) is 10.1 Å². The molecular formula is C19H16FNO4. The molecule has 1 heterocycles. The zero-order valence-corrected chi connectivity index (χ0v) is 13.8. The molecule has 0 saturated carbocycles. The molecule has 0 radical (unpaired) electrons. The predicted molar refractivity (Wildman–Crippen MR) is 90.0 cm³/mol. The van der Waals surface area contributed by atoms with Crippen molar-refractivity contribution in [2.45, 2.75) is 6.92 Å². The molecule has 2 aromatic rings. The molecule has 0 bridgehead atoms. The third-order valence-corrected chi connectivity index (χ3v) is 3.89. The Morgan fingerprint density at radius 1 is 1.24 bits per heavy atom. The molecule has 0 aliphatic carbocycles. The maximum absolute atomic E-state index is 13.6. The Labute approximate surface area is 144 Å². The number of aliphatic imine (C=N–C) groups is 1. The van der Waals surface area contributed by atoms with Gasteiger partial charge in [0.2, 0.25) is 0 Å². The molecule has 25 heavy (non-hydrogen) atoms. The summed E-state index contributed by atoms with van der Waals surface area (Å²) in [6.45, 7) is 1.78. The van der Waals surface area contributed by atoms with E-state index in [4.69, 9.17) is 9.47 Å². The molecule has 128 valence electrons. The highest BCUT2D eigenvalue weighted by molar-refractivity contribution is 6.31. The minimum absolute atomic E-state index is 0.129. The van der Waals surface area contributed by atoms with Crippen molar-refractivity contribution in [2.24, 2.45) is 10.9 Å². The summed E-state index contributed by atoms with van der Waals surface area (Å²) in [5.41, 5.74) is 1.23. The van der Waals surface area contributed by atoms with Gasteiger partial charge in [-0.25, -0.2) is 4.39 Å². The third-order valence-electron chi connectivity index (χ3n) is 3.89. The van der Waals surface area contributed by atoms with Crippen LogP contribution in [0.25, 0.3) is 0 Å². The fraction of sp³-hybridized carbons (Fsp3) is 0.211. The highest BCUT2D eigenvalue weighted by Crippen LogP contribution is 2.34. The van der Waals surface area contributed by atoms with Gasteiger partial charge in [-0.2, -0.15) is 0 Å². The van der Waals surface area contributed by atoms with E-state index >= 15 is 0 Å². The van der Waals surface area contributed by atoms with E-state index in [9.17, 15) is 14.0 Å². The Kier molecular flexibility index (Phi) is 4.61. The Morgan fingerprint density at radius 3 is 2.72 bits per heavy atom. The van der Waals surface area contributed by atoms with E-state index in [1.165, 1.54) is 31.4 Å². The Bertz CT molecular complexity index is 875. The molecule has 0 saturated heterocycles. The molecule has 1 atom stereocenters. The molecule has 6 heteroatoms. The quantitative estimate of drug-likeness (QED) is 0.632. The second-order valence-electron chi connectivity index (χ2n) is 5.44. The number of fused-ring (bicyclic) bond motifs is 1. The van der Waals surface area contributed by atoms with Gasteiger partial charge in [0.05, 0.1) is 25.1 Å². The van der Waals surface area contributed by atoms with Crippen molar-refractivity contribution in [3.63, 3.8) is 0 Å². The van der Waals surface area contributed by atoms with Crippen molar-refractivity contribution in [3.8, 4) is 5.75 Å². The molecule has 3 rings (SSSR count). The molecule has 0 aromatic heterocycles. The van der Waals surface area contributed by atoms with Crippen LogP contribution in [-0.2, 0) is 9.53 Å². The number of nitrogens with zero attached hydrogens (tertiary/aromatic N) is 1. The van der Waals surface area contributed by atoms with Gasteiger partial charge in [0, 0.05) is 11.1 Å². The lowest BCUT2D eigenvalue weighted by atomic mass is 9.85. The topological polar surface area (TPSA) is 65.0 Å². The van der Waals surface area contributed by atoms with Crippen LogP contribution in [0.2, 0.25) is 0 Å². The van der Waals surface area contributed by atoms with E-state index in [0.29, 0.717) is 17.0 Å². The average Bonchev–Trinajstić information content (AvgIpc) is 2.61. The van der Waals surface area contributed by atoms with E-state index in [2.05, 4.69) is 4.99 Å². The number of Topliss-reactive ketones (excluding diaryl/α,β-unsaturated/α-hetero) is 1. The summed E-state index contributed by atoms with van der Waals surface area (Å²) in [6, 6.07) is 10.5. The summed E-state index contributed by atoms with van der Waals surface area (Å²) < 4.78 is 23.8. The minimum Gasteiger partial charge on any atom is -0.497 e. The lowest BCUT2D eigenvalue weighted by Gasteiger charge is -2.23. The van der Waals surface area contributed by atoms with Crippen LogP contribution in [0.15, 0.2) is 47.5 Å². The largest absolute Gasteiger partial charge is 0.497 e. The van der Waals surface area contributed by atoms with Crippen LogP contribution >= 0.6 is 0 Å². The number of ketones is 1. The summed E-state index contributed by atoms with van der Waals surface area (Å²) in [5.74, 6) is -2.37. The van der Waals surface area contributed by atoms with Crippen molar-refractivity contribution in [1.82, 2.24) is 0 Å². The normalized spacial score (nSPS) is 16.0. The van der Waals surface area contributed by atoms with Crippen molar-refractivity contribution in [1.29, 1.82) is 0 Å². The predicted octanol–water partition coefficient (Wildman–Crippen LogP) is 3.33. The smallest absolute Gasteiger partial charge is 0.323 e. The fourth-order valence-electron chi connectivity index (χ4n) is 2.73. The number of ether oxygens (including phenoxy) is 2. The van der Waals surface area contributed by atoms with Crippen LogP contribution in [0.5, 0.6) is 5.75 Å². The number of methoxy groups -OCH3 is 1. The summed E-state index contributed by atoms with van der Waals surface area (Å²) >= 11 is 0. The second kappa shape index (κ2) is 6.84. The number of hydrogen-bond donors (Lipinski definition) is 0. The molecule has 1 aliphatic heterocycles. The minimum atomic E-state index is -1.23. The highest BCUT2D eigenvalue weighted by atomic mass is 19.1. The van der Waals surface area contributed by atoms with Gasteiger partial charge in [0.25, 0.3) is 0 Å². The number of carbonyl (C=O) groups is 2. The van der Waals surface area contributed by atoms with Gasteiger partial charge in [0.1, 0.15) is 11.6 Å². The maximum atomic E-state index is 13.6. The average molecular weight is 341 g/mol. The second-order valence-corrected chi connectivity index (χ2v) is 5.44. The summed E-state index contributed by atoms with van der Waals surface area (Å²) in [4.78, 5) is 29.8. The highest BCUT2D eigenvalue weighted by Gasteiger charge is 2.39. The van der Waals surface area contributed by atoms with Gasteiger partial charge in [0.15, 0.2) is 11.7 Å². The van der Waals surface area contributed by atoms with E-state index in [1.54, 1.807) is 25.1 Å². The Hall–Kier alpha value is -3.02. The summed E-state index contributed by atoms with van der Waals surface area (Å²) in [7, 11) is 1.49. The fourth-order valence-corrected chi connectivity index (χ4v) is 2.73. The van der Waals surface area contributed by atoms with E-state index in [1.807, 2.05) is 0 Å². The van der Waals surface area contributed by atoms with E-state index < -0.39 is 23.5 Å². The van der Waals surface area contributed by atoms with Crippen LogP contribution in [0, 0.1) is 11.7 Å². The van der Waals surface area contributed by atoms with Crippen LogP contribution in [-0.4, -0.2) is 31.2 Å². The lowest BCUT2D eigenvalue weighted by Crippen LogP contribution is -2.36. The van der Waals surface area contributed by atoms with Crippen LogP contribution < -0.4 is 4.74 Å².